The van der Waals surface area contributed by atoms with Gasteiger partial charge in [0.05, 0.1) is 0 Å². The Kier molecular flexibility index (Phi) is 3.60. The first-order valence-electron chi connectivity index (χ1n) is 7.57. The van der Waals surface area contributed by atoms with Crippen molar-refractivity contribution in [2.24, 2.45) is 0 Å². The van der Waals surface area contributed by atoms with E-state index in [1.165, 1.54) is 25.5 Å². The standard InChI is InChI=1S/C14H22N2O3S/c1-20(17,18)14(9-5-6-10-14)13-15-12(16-19-13)11-7-3-2-4-8-11/h11H,2-10H2,1H3. The summed E-state index contributed by atoms with van der Waals surface area (Å²) in [5, 5.41) is 4.09. The fourth-order valence-electron chi connectivity index (χ4n) is 3.64. The number of sulfone groups is 1. The topological polar surface area (TPSA) is 73.1 Å². The monoisotopic (exact) mass is 298 g/mol. The molecule has 0 spiro atoms. The molecule has 1 aromatic heterocycles. The Labute approximate surface area is 120 Å². The smallest absolute Gasteiger partial charge is 0.248 e. The second kappa shape index (κ2) is 5.13. The van der Waals surface area contributed by atoms with E-state index in [-0.39, 0.29) is 0 Å². The summed E-state index contributed by atoms with van der Waals surface area (Å²) in [7, 11) is -3.23. The van der Waals surface area contributed by atoms with Crippen LogP contribution >= 0.6 is 0 Å². The van der Waals surface area contributed by atoms with Gasteiger partial charge in [0, 0.05) is 12.2 Å². The molecule has 0 aromatic carbocycles. The van der Waals surface area contributed by atoms with E-state index < -0.39 is 14.6 Å². The van der Waals surface area contributed by atoms with E-state index in [2.05, 4.69) is 10.1 Å². The van der Waals surface area contributed by atoms with Crippen LogP contribution in [0.4, 0.5) is 0 Å². The summed E-state index contributed by atoms with van der Waals surface area (Å²) >= 11 is 0. The molecule has 0 saturated heterocycles. The average Bonchev–Trinajstić information content (AvgIpc) is 3.09. The maximum atomic E-state index is 12.2. The van der Waals surface area contributed by atoms with E-state index in [9.17, 15) is 8.42 Å². The molecule has 0 unspecified atom stereocenters. The summed E-state index contributed by atoms with van der Waals surface area (Å²) in [6.07, 6.45) is 10.2. The van der Waals surface area contributed by atoms with Crippen molar-refractivity contribution in [2.75, 3.05) is 6.26 Å². The SMILES string of the molecule is CS(=O)(=O)C1(c2nc(C3CCCCC3)no2)CCCC1. The van der Waals surface area contributed by atoms with E-state index >= 15 is 0 Å². The van der Waals surface area contributed by atoms with E-state index in [1.807, 2.05) is 0 Å². The predicted octanol–water partition coefficient (Wildman–Crippen LogP) is 2.93. The molecular weight excluding hydrogens is 276 g/mol. The molecule has 0 radical (unpaired) electrons. The summed E-state index contributed by atoms with van der Waals surface area (Å²) in [5.41, 5.74) is 0. The largest absolute Gasteiger partial charge is 0.338 e. The molecule has 0 atom stereocenters. The summed E-state index contributed by atoms with van der Waals surface area (Å²) in [6, 6.07) is 0. The third-order valence-electron chi connectivity index (χ3n) is 4.92. The normalized spacial score (nSPS) is 24.1. The molecule has 2 aliphatic rings. The van der Waals surface area contributed by atoms with Crippen LogP contribution in [0.1, 0.15) is 75.4 Å². The van der Waals surface area contributed by atoms with Gasteiger partial charge in [-0.2, -0.15) is 4.98 Å². The van der Waals surface area contributed by atoms with Crippen molar-refractivity contribution >= 4 is 9.84 Å². The lowest BCUT2D eigenvalue weighted by atomic mass is 9.89. The van der Waals surface area contributed by atoms with E-state index in [4.69, 9.17) is 4.52 Å². The first kappa shape index (κ1) is 14.0. The lowest BCUT2D eigenvalue weighted by Crippen LogP contribution is -2.32. The summed E-state index contributed by atoms with van der Waals surface area (Å²) in [6.45, 7) is 0. The lowest BCUT2D eigenvalue weighted by molar-refractivity contribution is 0.323. The number of hydrogen-bond donors (Lipinski definition) is 0. The van der Waals surface area contributed by atoms with Gasteiger partial charge in [-0.05, 0) is 25.7 Å². The predicted molar refractivity (Wildman–Crippen MR) is 75.1 cm³/mol. The van der Waals surface area contributed by atoms with Crippen LogP contribution in [0, 0.1) is 0 Å². The fraction of sp³-hybridized carbons (Fsp3) is 0.857. The van der Waals surface area contributed by atoms with Gasteiger partial charge in [0.15, 0.2) is 20.4 Å². The van der Waals surface area contributed by atoms with Crippen molar-refractivity contribution in [2.45, 2.75) is 68.5 Å². The molecule has 3 rings (SSSR count). The zero-order valence-electron chi connectivity index (χ0n) is 12.0. The highest BCUT2D eigenvalue weighted by molar-refractivity contribution is 7.91. The minimum atomic E-state index is -3.23. The Balaban J connectivity index is 1.92. The quantitative estimate of drug-likeness (QED) is 0.857. The van der Waals surface area contributed by atoms with Gasteiger partial charge in [-0.3, -0.25) is 0 Å². The average molecular weight is 298 g/mol. The van der Waals surface area contributed by atoms with Gasteiger partial charge in [-0.15, -0.1) is 0 Å². The van der Waals surface area contributed by atoms with Crippen LogP contribution in [0.15, 0.2) is 4.52 Å². The van der Waals surface area contributed by atoms with Crippen LogP contribution in [0.3, 0.4) is 0 Å². The van der Waals surface area contributed by atoms with Crippen LogP contribution in [-0.4, -0.2) is 24.8 Å². The Morgan fingerprint density at radius 2 is 1.75 bits per heavy atom. The van der Waals surface area contributed by atoms with Crippen molar-refractivity contribution in [3.05, 3.63) is 11.7 Å². The number of hydrogen-bond acceptors (Lipinski definition) is 5. The van der Waals surface area contributed by atoms with Crippen LogP contribution < -0.4 is 0 Å². The van der Waals surface area contributed by atoms with Crippen LogP contribution in [0.2, 0.25) is 0 Å². The highest BCUT2D eigenvalue weighted by Gasteiger charge is 2.49. The Morgan fingerprint density at radius 1 is 1.10 bits per heavy atom. The highest BCUT2D eigenvalue weighted by Crippen LogP contribution is 2.45. The third kappa shape index (κ3) is 2.28. The molecule has 2 fully saturated rings. The van der Waals surface area contributed by atoms with Gasteiger partial charge in [-0.25, -0.2) is 8.42 Å². The first-order chi connectivity index (χ1) is 9.53. The Bertz CT molecular complexity index is 567. The molecule has 6 heteroatoms. The van der Waals surface area contributed by atoms with Crippen molar-refractivity contribution in [3.63, 3.8) is 0 Å². The summed E-state index contributed by atoms with van der Waals surface area (Å²) in [5.74, 6) is 1.40. The molecule has 2 aliphatic carbocycles. The zero-order chi connectivity index (χ0) is 14.2. The molecule has 0 bridgehead atoms. The maximum Gasteiger partial charge on any atom is 0.248 e. The lowest BCUT2D eigenvalue weighted by Gasteiger charge is -2.22. The molecule has 2 saturated carbocycles. The van der Waals surface area contributed by atoms with Crippen molar-refractivity contribution in [3.8, 4) is 0 Å². The van der Waals surface area contributed by atoms with Gasteiger partial charge in [0.1, 0.15) is 0 Å². The van der Waals surface area contributed by atoms with Crippen LogP contribution in [-0.2, 0) is 14.6 Å². The van der Waals surface area contributed by atoms with Crippen LogP contribution in [0.5, 0.6) is 0 Å². The Hall–Kier alpha value is -0.910. The second-order valence-corrected chi connectivity index (χ2v) is 8.59. The first-order valence-corrected chi connectivity index (χ1v) is 9.46. The molecule has 0 aliphatic heterocycles. The highest BCUT2D eigenvalue weighted by atomic mass is 32.2. The van der Waals surface area contributed by atoms with E-state index in [0.717, 1.165) is 31.5 Å². The second-order valence-electron chi connectivity index (χ2n) is 6.27. The number of nitrogens with zero attached hydrogens (tertiary/aromatic N) is 2. The van der Waals surface area contributed by atoms with Crippen LogP contribution in [0.25, 0.3) is 0 Å². The van der Waals surface area contributed by atoms with Gasteiger partial charge in [0.25, 0.3) is 0 Å². The number of rotatable bonds is 3. The fourth-order valence-corrected chi connectivity index (χ4v) is 5.07. The van der Waals surface area contributed by atoms with Crippen molar-refractivity contribution < 1.29 is 12.9 Å². The van der Waals surface area contributed by atoms with Gasteiger partial charge >= 0.3 is 0 Å². The molecule has 112 valence electrons. The zero-order valence-corrected chi connectivity index (χ0v) is 12.8. The molecule has 1 heterocycles. The third-order valence-corrected chi connectivity index (χ3v) is 6.93. The van der Waals surface area contributed by atoms with Crippen molar-refractivity contribution in [1.29, 1.82) is 0 Å². The number of aromatic nitrogens is 2. The Morgan fingerprint density at radius 3 is 2.35 bits per heavy atom. The maximum absolute atomic E-state index is 12.2. The summed E-state index contributed by atoms with van der Waals surface area (Å²) in [4.78, 5) is 4.50. The molecule has 0 N–H and O–H groups in total. The van der Waals surface area contributed by atoms with Gasteiger partial charge in [-0.1, -0.05) is 37.3 Å². The molecule has 1 aromatic rings. The molecule has 5 nitrogen and oxygen atoms in total. The van der Waals surface area contributed by atoms with Crippen molar-refractivity contribution in [1.82, 2.24) is 10.1 Å². The van der Waals surface area contributed by atoms with Gasteiger partial charge < -0.3 is 4.52 Å². The summed E-state index contributed by atoms with van der Waals surface area (Å²) < 4.78 is 28.9. The minimum absolute atomic E-state index is 0.332. The molecule has 0 amide bonds. The van der Waals surface area contributed by atoms with E-state index in [1.54, 1.807) is 0 Å². The molecular formula is C14H22N2O3S. The van der Waals surface area contributed by atoms with Gasteiger partial charge in [0.2, 0.25) is 5.89 Å². The minimum Gasteiger partial charge on any atom is -0.338 e. The molecule has 20 heavy (non-hydrogen) atoms. The van der Waals surface area contributed by atoms with E-state index in [0.29, 0.717) is 24.7 Å².